The van der Waals surface area contributed by atoms with Gasteiger partial charge in [0.1, 0.15) is 23.0 Å². The second-order valence-corrected chi connectivity index (χ2v) is 8.74. The summed E-state index contributed by atoms with van der Waals surface area (Å²) in [5, 5.41) is 13.7. The Morgan fingerprint density at radius 2 is 1.81 bits per heavy atom. The number of unbranched alkanes of at least 4 members (excludes halogenated alkanes) is 1. The van der Waals surface area contributed by atoms with Gasteiger partial charge >= 0.3 is 11.6 Å². The van der Waals surface area contributed by atoms with E-state index in [0.717, 1.165) is 59.8 Å². The predicted molar refractivity (Wildman–Crippen MR) is 121 cm³/mol. The van der Waals surface area contributed by atoms with E-state index in [4.69, 9.17) is 8.83 Å². The Hall–Kier alpha value is -3.09. The maximum atomic E-state index is 12.8. The lowest BCUT2D eigenvalue weighted by Gasteiger charge is -2.15. The molecule has 7 nitrogen and oxygen atoms in total. The van der Waals surface area contributed by atoms with Crippen molar-refractivity contribution >= 4 is 33.8 Å². The Kier molecular flexibility index (Phi) is 6.09. The Morgan fingerprint density at radius 1 is 1.09 bits per heavy atom. The van der Waals surface area contributed by atoms with Crippen molar-refractivity contribution in [1.82, 2.24) is 5.32 Å². The molecule has 0 fully saturated rings. The lowest BCUT2D eigenvalue weighted by molar-refractivity contribution is -0.142. The van der Waals surface area contributed by atoms with Gasteiger partial charge in [0.05, 0.1) is 12.0 Å². The molecular weight excluding hydrogens is 410 g/mol. The summed E-state index contributed by atoms with van der Waals surface area (Å²) in [6, 6.07) is 1.04. The second kappa shape index (κ2) is 8.81. The SMILES string of the molecule is CCCC[C@H](NC(=O)Cc1c(C)c2cc3c4c(oc3c(C)c2oc1=O)CCCC4)C(=O)O. The molecule has 0 bridgehead atoms. The Labute approximate surface area is 185 Å². The molecule has 2 aromatic heterocycles. The van der Waals surface area contributed by atoms with Crippen LogP contribution in [0.5, 0.6) is 0 Å². The van der Waals surface area contributed by atoms with Gasteiger partial charge in [-0.15, -0.1) is 0 Å². The largest absolute Gasteiger partial charge is 0.480 e. The third-order valence-corrected chi connectivity index (χ3v) is 6.54. The molecule has 4 rings (SSSR count). The number of carboxylic acids is 1. The van der Waals surface area contributed by atoms with Gasteiger partial charge in [0.2, 0.25) is 5.91 Å². The summed E-state index contributed by atoms with van der Waals surface area (Å²) in [6.45, 7) is 5.66. The van der Waals surface area contributed by atoms with Crippen molar-refractivity contribution in [2.75, 3.05) is 0 Å². The molecule has 0 saturated carbocycles. The van der Waals surface area contributed by atoms with Crippen LogP contribution in [0.2, 0.25) is 0 Å². The molecule has 32 heavy (non-hydrogen) atoms. The molecule has 0 saturated heterocycles. The highest BCUT2D eigenvalue weighted by Crippen LogP contribution is 2.37. The van der Waals surface area contributed by atoms with Crippen LogP contribution in [-0.2, 0) is 28.9 Å². The summed E-state index contributed by atoms with van der Waals surface area (Å²) < 4.78 is 11.8. The Balaban J connectivity index is 1.72. The second-order valence-electron chi connectivity index (χ2n) is 8.74. The van der Waals surface area contributed by atoms with Gasteiger partial charge in [-0.2, -0.15) is 0 Å². The molecule has 1 aromatic carbocycles. The van der Waals surface area contributed by atoms with Gasteiger partial charge in [0.25, 0.3) is 0 Å². The highest BCUT2D eigenvalue weighted by atomic mass is 16.4. The minimum atomic E-state index is -1.07. The van der Waals surface area contributed by atoms with Gasteiger partial charge in [-0.1, -0.05) is 19.8 Å². The van der Waals surface area contributed by atoms with Crippen LogP contribution < -0.4 is 10.9 Å². The van der Waals surface area contributed by atoms with Crippen molar-refractivity contribution in [3.05, 3.63) is 44.5 Å². The van der Waals surface area contributed by atoms with Crippen molar-refractivity contribution in [3.8, 4) is 0 Å². The average Bonchev–Trinajstić information content (AvgIpc) is 3.14. The molecule has 1 amide bonds. The number of carbonyl (C=O) groups is 2. The summed E-state index contributed by atoms with van der Waals surface area (Å²) in [6.07, 6.45) is 5.76. The topological polar surface area (TPSA) is 110 Å². The van der Waals surface area contributed by atoms with Crippen LogP contribution in [0.25, 0.3) is 21.9 Å². The van der Waals surface area contributed by atoms with E-state index in [1.807, 2.05) is 26.8 Å². The van der Waals surface area contributed by atoms with Gasteiger partial charge in [-0.3, -0.25) is 4.79 Å². The zero-order valence-electron chi connectivity index (χ0n) is 18.8. The monoisotopic (exact) mass is 439 g/mol. The zero-order valence-corrected chi connectivity index (χ0v) is 18.8. The number of furan rings is 1. The molecule has 0 radical (unpaired) electrons. The number of aliphatic carboxylic acids is 1. The van der Waals surface area contributed by atoms with Gasteiger partial charge in [0.15, 0.2) is 0 Å². The first kappa shape index (κ1) is 22.1. The molecule has 170 valence electrons. The molecule has 2 heterocycles. The number of carbonyl (C=O) groups excluding carboxylic acids is 1. The van der Waals surface area contributed by atoms with Crippen molar-refractivity contribution in [3.63, 3.8) is 0 Å². The maximum absolute atomic E-state index is 12.8. The first-order valence-corrected chi connectivity index (χ1v) is 11.3. The number of fused-ring (bicyclic) bond motifs is 4. The number of amides is 1. The molecule has 0 aliphatic heterocycles. The summed E-state index contributed by atoms with van der Waals surface area (Å²) in [5.41, 5.74) is 3.60. The fraction of sp³-hybridized carbons (Fsp3) is 0.480. The summed E-state index contributed by atoms with van der Waals surface area (Å²) in [5.74, 6) is -0.561. The van der Waals surface area contributed by atoms with E-state index in [9.17, 15) is 19.5 Å². The van der Waals surface area contributed by atoms with Gasteiger partial charge in [0, 0.05) is 28.3 Å². The highest BCUT2D eigenvalue weighted by Gasteiger charge is 2.24. The normalized spacial score (nSPS) is 14.5. The third-order valence-electron chi connectivity index (χ3n) is 6.54. The number of carboxylic acid groups (broad SMARTS) is 1. The molecule has 0 spiro atoms. The van der Waals surface area contributed by atoms with Crippen LogP contribution >= 0.6 is 0 Å². The van der Waals surface area contributed by atoms with Crippen LogP contribution in [0.1, 0.15) is 67.0 Å². The van der Waals surface area contributed by atoms with E-state index >= 15 is 0 Å². The molecule has 2 N–H and O–H groups in total. The van der Waals surface area contributed by atoms with E-state index in [1.54, 1.807) is 0 Å². The van der Waals surface area contributed by atoms with E-state index in [1.165, 1.54) is 5.56 Å². The van der Waals surface area contributed by atoms with Gasteiger partial charge in [-0.25, -0.2) is 9.59 Å². The van der Waals surface area contributed by atoms with E-state index < -0.39 is 23.5 Å². The third kappa shape index (κ3) is 3.92. The van der Waals surface area contributed by atoms with Crippen LogP contribution in [-0.4, -0.2) is 23.0 Å². The molecule has 0 unspecified atom stereocenters. The smallest absolute Gasteiger partial charge is 0.340 e. The number of rotatable bonds is 7. The van der Waals surface area contributed by atoms with Crippen molar-refractivity contribution in [1.29, 1.82) is 0 Å². The molecule has 1 aliphatic carbocycles. The Bertz CT molecular complexity index is 1270. The molecule has 7 heteroatoms. The fourth-order valence-electron chi connectivity index (χ4n) is 4.69. The standard InChI is InChI=1S/C25H29NO6/c1-4-5-9-19(24(28)29)26-21(27)12-17-13(2)16-11-18-15-8-6-7-10-20(15)31-23(18)14(3)22(16)32-25(17)30/h11,19H,4-10,12H2,1-3H3,(H,26,27)(H,28,29)/t19-/m0/s1. The lowest BCUT2D eigenvalue weighted by Crippen LogP contribution is -2.42. The summed E-state index contributed by atoms with van der Waals surface area (Å²) in [7, 11) is 0. The highest BCUT2D eigenvalue weighted by molar-refractivity contribution is 6.00. The zero-order chi connectivity index (χ0) is 23.0. The number of aryl methyl sites for hydroxylation is 4. The molecular formula is C25H29NO6. The first-order valence-electron chi connectivity index (χ1n) is 11.3. The van der Waals surface area contributed by atoms with Crippen molar-refractivity contribution in [2.24, 2.45) is 0 Å². The average molecular weight is 440 g/mol. The molecule has 1 atom stereocenters. The summed E-state index contributed by atoms with van der Waals surface area (Å²) in [4.78, 5) is 36.8. The van der Waals surface area contributed by atoms with Crippen LogP contribution in [0.3, 0.4) is 0 Å². The quantitative estimate of drug-likeness (QED) is 0.530. The number of hydrogen-bond donors (Lipinski definition) is 2. The predicted octanol–water partition coefficient (Wildman–Crippen LogP) is 4.34. The summed E-state index contributed by atoms with van der Waals surface area (Å²) >= 11 is 0. The van der Waals surface area contributed by atoms with Crippen LogP contribution in [0, 0.1) is 13.8 Å². The van der Waals surface area contributed by atoms with E-state index in [2.05, 4.69) is 5.32 Å². The number of hydrogen-bond acceptors (Lipinski definition) is 5. The number of benzene rings is 1. The van der Waals surface area contributed by atoms with Crippen LogP contribution in [0.15, 0.2) is 19.7 Å². The van der Waals surface area contributed by atoms with Crippen molar-refractivity contribution < 1.29 is 23.5 Å². The van der Waals surface area contributed by atoms with Gasteiger partial charge < -0.3 is 19.3 Å². The van der Waals surface area contributed by atoms with Crippen LogP contribution in [0.4, 0.5) is 0 Å². The fourth-order valence-corrected chi connectivity index (χ4v) is 4.69. The first-order chi connectivity index (χ1) is 15.3. The lowest BCUT2D eigenvalue weighted by atomic mass is 9.93. The molecule has 1 aliphatic rings. The van der Waals surface area contributed by atoms with Crippen molar-refractivity contribution in [2.45, 2.75) is 78.2 Å². The van der Waals surface area contributed by atoms with E-state index in [0.29, 0.717) is 24.0 Å². The minimum absolute atomic E-state index is 0.222. The minimum Gasteiger partial charge on any atom is -0.480 e. The Morgan fingerprint density at radius 3 is 2.53 bits per heavy atom. The number of nitrogens with one attached hydrogen (secondary N) is 1. The molecule has 3 aromatic rings. The van der Waals surface area contributed by atoms with Gasteiger partial charge in [-0.05, 0) is 51.2 Å². The maximum Gasteiger partial charge on any atom is 0.340 e. The van der Waals surface area contributed by atoms with E-state index in [-0.39, 0.29) is 12.0 Å².